The van der Waals surface area contributed by atoms with Crippen LogP contribution in [0.2, 0.25) is 0 Å². The Hall–Kier alpha value is -2.64. The van der Waals surface area contributed by atoms with Crippen molar-refractivity contribution in [2.45, 2.75) is 13.5 Å². The van der Waals surface area contributed by atoms with E-state index >= 15 is 0 Å². The predicted octanol–water partition coefficient (Wildman–Crippen LogP) is 0.0612. The molecule has 3 aromatic heterocycles. The maximum atomic E-state index is 11.4. The highest BCUT2D eigenvalue weighted by molar-refractivity contribution is 5.49. The highest BCUT2D eigenvalue weighted by Crippen LogP contribution is 2.08. The van der Waals surface area contributed by atoms with E-state index in [1.54, 1.807) is 25.5 Å². The quantitative estimate of drug-likeness (QED) is 0.605. The molecular formula is C10H11N7O. The molecule has 8 nitrogen and oxygen atoms in total. The molecule has 0 fully saturated rings. The van der Waals surface area contributed by atoms with Crippen molar-refractivity contribution in [3.05, 3.63) is 40.6 Å². The first kappa shape index (κ1) is 10.5. The van der Waals surface area contributed by atoms with E-state index in [0.29, 0.717) is 23.8 Å². The Morgan fingerprint density at radius 2 is 2.39 bits per heavy atom. The highest BCUT2D eigenvalue weighted by Gasteiger charge is 2.06. The number of imidazole rings is 1. The van der Waals surface area contributed by atoms with Crippen molar-refractivity contribution >= 4 is 11.5 Å². The van der Waals surface area contributed by atoms with Crippen LogP contribution in [-0.4, -0.2) is 29.5 Å². The van der Waals surface area contributed by atoms with Gasteiger partial charge in [-0.3, -0.25) is 0 Å². The van der Waals surface area contributed by atoms with Gasteiger partial charge in [0.05, 0.1) is 18.6 Å². The second-order valence-electron chi connectivity index (χ2n) is 3.84. The number of nitrogens with one attached hydrogen (secondary N) is 3. The standard InChI is InChI=1S/C10H11N7O/c1-6-14-8(12-4-7-3-11-5-13-7)2-9-15-16-10(18)17(6)9/h2-3,5,12H,4H2,1H3,(H,11,13)(H,16,18). The fraction of sp³-hybridized carbons (Fsp3) is 0.200. The molecule has 3 N–H and O–H groups in total. The first-order chi connectivity index (χ1) is 8.74. The summed E-state index contributed by atoms with van der Waals surface area (Å²) in [7, 11) is 0. The van der Waals surface area contributed by atoms with Crippen molar-refractivity contribution < 1.29 is 0 Å². The molecule has 0 atom stereocenters. The van der Waals surface area contributed by atoms with Crippen LogP contribution in [0.1, 0.15) is 11.5 Å². The van der Waals surface area contributed by atoms with Gasteiger partial charge in [0.25, 0.3) is 0 Å². The minimum atomic E-state index is -0.282. The summed E-state index contributed by atoms with van der Waals surface area (Å²) in [5.74, 6) is 1.24. The maximum absolute atomic E-state index is 11.4. The smallest absolute Gasteiger partial charge is 0.349 e. The summed E-state index contributed by atoms with van der Waals surface area (Å²) in [5.41, 5.74) is 1.21. The SMILES string of the molecule is Cc1nc(NCc2cnc[nH]2)cc2n[nH]c(=O)n12. The van der Waals surface area contributed by atoms with Crippen LogP contribution >= 0.6 is 0 Å². The molecule has 92 valence electrons. The van der Waals surface area contributed by atoms with Gasteiger partial charge >= 0.3 is 5.69 Å². The minimum Gasteiger partial charge on any atom is -0.364 e. The molecule has 3 rings (SSSR count). The summed E-state index contributed by atoms with van der Waals surface area (Å²) in [6.07, 6.45) is 3.35. The monoisotopic (exact) mass is 245 g/mol. The predicted molar refractivity (Wildman–Crippen MR) is 64.3 cm³/mol. The molecule has 3 aromatic rings. The van der Waals surface area contributed by atoms with Gasteiger partial charge in [-0.1, -0.05) is 0 Å². The molecule has 0 radical (unpaired) electrons. The number of aromatic nitrogens is 6. The van der Waals surface area contributed by atoms with Crippen LogP contribution in [0.25, 0.3) is 5.65 Å². The topological polar surface area (TPSA) is 104 Å². The molecular weight excluding hydrogens is 234 g/mol. The maximum Gasteiger partial charge on any atom is 0.349 e. The molecule has 8 heteroatoms. The third kappa shape index (κ3) is 1.73. The van der Waals surface area contributed by atoms with Gasteiger partial charge in [0.1, 0.15) is 11.6 Å². The minimum absolute atomic E-state index is 0.282. The van der Waals surface area contributed by atoms with Gasteiger partial charge in [-0.2, -0.15) is 5.10 Å². The number of aryl methyl sites for hydroxylation is 1. The van der Waals surface area contributed by atoms with Gasteiger partial charge in [0.2, 0.25) is 0 Å². The molecule has 0 aliphatic carbocycles. The highest BCUT2D eigenvalue weighted by atomic mass is 16.1. The van der Waals surface area contributed by atoms with Crippen LogP contribution in [0.4, 0.5) is 5.82 Å². The van der Waals surface area contributed by atoms with Gasteiger partial charge in [-0.15, -0.1) is 0 Å². The summed E-state index contributed by atoms with van der Waals surface area (Å²) >= 11 is 0. The van der Waals surface area contributed by atoms with Gasteiger partial charge in [-0.25, -0.2) is 24.3 Å². The first-order valence-corrected chi connectivity index (χ1v) is 5.40. The Labute approximate surface area is 101 Å². The molecule has 0 saturated heterocycles. The zero-order chi connectivity index (χ0) is 12.5. The van der Waals surface area contributed by atoms with E-state index in [4.69, 9.17) is 0 Å². The molecule has 0 bridgehead atoms. The number of nitrogens with zero attached hydrogens (tertiary/aromatic N) is 4. The molecule has 3 heterocycles. The van der Waals surface area contributed by atoms with E-state index in [1.165, 1.54) is 4.40 Å². The summed E-state index contributed by atoms with van der Waals surface area (Å²) in [6, 6.07) is 1.71. The van der Waals surface area contributed by atoms with Crippen molar-refractivity contribution in [2.75, 3.05) is 5.32 Å². The van der Waals surface area contributed by atoms with Crippen LogP contribution in [0, 0.1) is 6.92 Å². The number of hydrogen-bond donors (Lipinski definition) is 3. The lowest BCUT2D eigenvalue weighted by Crippen LogP contribution is -2.14. The first-order valence-electron chi connectivity index (χ1n) is 5.40. The third-order valence-corrected chi connectivity index (χ3v) is 2.58. The molecule has 0 saturated carbocycles. The van der Waals surface area contributed by atoms with Crippen LogP contribution in [0.5, 0.6) is 0 Å². The average Bonchev–Trinajstić information content (AvgIpc) is 2.97. The number of H-pyrrole nitrogens is 2. The molecule has 0 amide bonds. The van der Waals surface area contributed by atoms with E-state index in [0.717, 1.165) is 5.69 Å². The number of aromatic amines is 2. The fourth-order valence-corrected chi connectivity index (χ4v) is 1.76. The second-order valence-corrected chi connectivity index (χ2v) is 3.84. The zero-order valence-electron chi connectivity index (χ0n) is 9.64. The molecule has 0 aliphatic rings. The van der Waals surface area contributed by atoms with Crippen molar-refractivity contribution in [2.24, 2.45) is 0 Å². The van der Waals surface area contributed by atoms with E-state index in [1.807, 2.05) is 0 Å². The van der Waals surface area contributed by atoms with Crippen molar-refractivity contribution in [3.8, 4) is 0 Å². The van der Waals surface area contributed by atoms with Crippen LogP contribution in [0.15, 0.2) is 23.4 Å². The second kappa shape index (κ2) is 3.99. The molecule has 0 spiro atoms. The lowest BCUT2D eigenvalue weighted by Gasteiger charge is -2.05. The van der Waals surface area contributed by atoms with Gasteiger partial charge < -0.3 is 10.3 Å². The number of hydrogen-bond acceptors (Lipinski definition) is 5. The number of rotatable bonds is 3. The third-order valence-electron chi connectivity index (χ3n) is 2.58. The number of anilines is 1. The molecule has 0 aliphatic heterocycles. The van der Waals surface area contributed by atoms with Gasteiger partial charge in [-0.05, 0) is 6.92 Å². The molecule has 0 unspecified atom stereocenters. The van der Waals surface area contributed by atoms with Crippen LogP contribution < -0.4 is 11.0 Å². The van der Waals surface area contributed by atoms with Crippen molar-refractivity contribution in [3.63, 3.8) is 0 Å². The van der Waals surface area contributed by atoms with E-state index in [-0.39, 0.29) is 5.69 Å². The van der Waals surface area contributed by atoms with Crippen LogP contribution in [0.3, 0.4) is 0 Å². The van der Waals surface area contributed by atoms with Gasteiger partial charge in [0, 0.05) is 12.3 Å². The summed E-state index contributed by atoms with van der Waals surface area (Å²) in [6.45, 7) is 2.34. The van der Waals surface area contributed by atoms with E-state index in [2.05, 4.69) is 30.5 Å². The zero-order valence-corrected chi connectivity index (χ0v) is 9.64. The lowest BCUT2D eigenvalue weighted by atomic mass is 10.4. The van der Waals surface area contributed by atoms with E-state index < -0.39 is 0 Å². The number of fused-ring (bicyclic) bond motifs is 1. The van der Waals surface area contributed by atoms with Crippen LogP contribution in [-0.2, 0) is 6.54 Å². The normalized spacial score (nSPS) is 10.9. The summed E-state index contributed by atoms with van der Waals surface area (Å²) in [5, 5.41) is 9.44. The Balaban J connectivity index is 1.91. The Bertz CT molecular complexity index is 724. The Morgan fingerprint density at radius 1 is 1.50 bits per heavy atom. The summed E-state index contributed by atoms with van der Waals surface area (Å²) in [4.78, 5) is 22.6. The largest absolute Gasteiger partial charge is 0.364 e. The Morgan fingerprint density at radius 3 is 3.17 bits per heavy atom. The lowest BCUT2D eigenvalue weighted by molar-refractivity contribution is 0.929. The van der Waals surface area contributed by atoms with Crippen molar-refractivity contribution in [1.82, 2.24) is 29.5 Å². The fourth-order valence-electron chi connectivity index (χ4n) is 1.76. The average molecular weight is 245 g/mol. The summed E-state index contributed by atoms with van der Waals surface area (Å²) < 4.78 is 1.42. The molecule has 18 heavy (non-hydrogen) atoms. The Kier molecular flexibility index (Phi) is 2.33. The van der Waals surface area contributed by atoms with Crippen molar-refractivity contribution in [1.29, 1.82) is 0 Å². The molecule has 0 aromatic carbocycles. The van der Waals surface area contributed by atoms with Gasteiger partial charge in [0.15, 0.2) is 5.65 Å². The van der Waals surface area contributed by atoms with E-state index in [9.17, 15) is 4.79 Å².